The topological polar surface area (TPSA) is 62.8 Å². The highest BCUT2D eigenvalue weighted by atomic mass is 32.2. The van der Waals surface area contributed by atoms with E-state index in [9.17, 15) is 8.42 Å². The average Bonchev–Trinajstić information content (AvgIpc) is 2.64. The van der Waals surface area contributed by atoms with Crippen molar-refractivity contribution in [3.63, 3.8) is 0 Å². The van der Waals surface area contributed by atoms with Gasteiger partial charge in [0.05, 0.1) is 11.5 Å². The zero-order valence-corrected chi connectivity index (χ0v) is 8.97. The summed E-state index contributed by atoms with van der Waals surface area (Å²) >= 11 is 0. The second-order valence-corrected chi connectivity index (χ2v) is 6.45. The molecule has 0 aliphatic carbocycles. The fourth-order valence-corrected chi connectivity index (χ4v) is 3.55. The summed E-state index contributed by atoms with van der Waals surface area (Å²) in [6.45, 7) is 2.07. The van der Waals surface area contributed by atoms with Gasteiger partial charge in [0, 0.05) is 17.8 Å². The molecule has 5 heteroatoms. The van der Waals surface area contributed by atoms with Gasteiger partial charge in [-0.15, -0.1) is 0 Å². The molecule has 1 saturated heterocycles. The Hall–Kier alpha value is -0.840. The van der Waals surface area contributed by atoms with Crippen LogP contribution in [0.5, 0.6) is 0 Å². The van der Waals surface area contributed by atoms with Gasteiger partial charge in [-0.1, -0.05) is 6.92 Å². The lowest BCUT2D eigenvalue weighted by molar-refractivity contribution is 0.399. The number of H-pyrrole nitrogens is 1. The maximum atomic E-state index is 11.3. The first-order chi connectivity index (χ1) is 6.52. The highest BCUT2D eigenvalue weighted by Gasteiger charge is 2.36. The standard InChI is InChI=1S/C9H14N2O2S/c1-9(8-10-4-5-11-8)2-6-14(12,13)7-3-9/h4-5H,2-3,6-7H2,1H3,(H,10,11). The van der Waals surface area contributed by atoms with Gasteiger partial charge in [0.15, 0.2) is 0 Å². The van der Waals surface area contributed by atoms with Crippen LogP contribution in [-0.4, -0.2) is 29.9 Å². The largest absolute Gasteiger partial charge is 0.348 e. The van der Waals surface area contributed by atoms with Crippen LogP contribution in [0.4, 0.5) is 0 Å². The number of aromatic amines is 1. The molecule has 0 radical (unpaired) electrons. The maximum Gasteiger partial charge on any atom is 0.150 e. The summed E-state index contributed by atoms with van der Waals surface area (Å²) in [6, 6.07) is 0. The van der Waals surface area contributed by atoms with Crippen molar-refractivity contribution in [2.75, 3.05) is 11.5 Å². The molecule has 0 atom stereocenters. The van der Waals surface area contributed by atoms with Crippen LogP contribution in [-0.2, 0) is 15.3 Å². The number of hydrogen-bond acceptors (Lipinski definition) is 3. The van der Waals surface area contributed by atoms with Gasteiger partial charge in [0.2, 0.25) is 0 Å². The van der Waals surface area contributed by atoms with Gasteiger partial charge < -0.3 is 4.98 Å². The molecule has 2 rings (SSSR count). The molecule has 0 bridgehead atoms. The third kappa shape index (κ3) is 1.68. The Bertz CT molecular complexity index is 394. The number of nitrogens with one attached hydrogen (secondary N) is 1. The molecule has 14 heavy (non-hydrogen) atoms. The van der Waals surface area contributed by atoms with Crippen LogP contribution in [0, 0.1) is 0 Å². The summed E-state index contributed by atoms with van der Waals surface area (Å²) in [6.07, 6.45) is 4.83. The molecule has 0 spiro atoms. The van der Waals surface area contributed by atoms with Gasteiger partial charge >= 0.3 is 0 Å². The van der Waals surface area contributed by atoms with Crippen LogP contribution < -0.4 is 0 Å². The van der Waals surface area contributed by atoms with E-state index >= 15 is 0 Å². The second-order valence-electron chi connectivity index (χ2n) is 4.15. The number of nitrogens with zero attached hydrogens (tertiary/aromatic N) is 1. The summed E-state index contributed by atoms with van der Waals surface area (Å²) in [4.78, 5) is 7.28. The van der Waals surface area contributed by atoms with Crippen molar-refractivity contribution >= 4 is 9.84 Å². The van der Waals surface area contributed by atoms with E-state index in [4.69, 9.17) is 0 Å². The first-order valence-corrected chi connectivity index (χ1v) is 6.54. The number of imidazole rings is 1. The van der Waals surface area contributed by atoms with Gasteiger partial charge in [-0.05, 0) is 12.8 Å². The van der Waals surface area contributed by atoms with Crippen molar-refractivity contribution in [2.45, 2.75) is 25.2 Å². The molecule has 1 aliphatic heterocycles. The number of hydrogen-bond donors (Lipinski definition) is 1. The lowest BCUT2D eigenvalue weighted by atomic mass is 9.83. The minimum atomic E-state index is -2.79. The van der Waals surface area contributed by atoms with Crippen molar-refractivity contribution in [1.82, 2.24) is 9.97 Å². The van der Waals surface area contributed by atoms with Crippen LogP contribution in [0.2, 0.25) is 0 Å². The molecule has 0 unspecified atom stereocenters. The zero-order valence-electron chi connectivity index (χ0n) is 8.16. The molecule has 1 fully saturated rings. The highest BCUT2D eigenvalue weighted by molar-refractivity contribution is 7.91. The summed E-state index contributed by atoms with van der Waals surface area (Å²) < 4.78 is 22.6. The van der Waals surface area contributed by atoms with Gasteiger partial charge in [0.25, 0.3) is 0 Å². The SMILES string of the molecule is CC1(c2ncc[nH]2)CCS(=O)(=O)CC1. The van der Waals surface area contributed by atoms with Crippen molar-refractivity contribution in [3.05, 3.63) is 18.2 Å². The van der Waals surface area contributed by atoms with Crippen LogP contribution in [0.1, 0.15) is 25.6 Å². The average molecular weight is 214 g/mol. The number of aromatic nitrogens is 2. The smallest absolute Gasteiger partial charge is 0.150 e. The fraction of sp³-hybridized carbons (Fsp3) is 0.667. The summed E-state index contributed by atoms with van der Waals surface area (Å²) in [5, 5.41) is 0. The molecule has 2 heterocycles. The van der Waals surface area contributed by atoms with E-state index in [0.29, 0.717) is 12.8 Å². The maximum absolute atomic E-state index is 11.3. The Morgan fingerprint density at radius 3 is 2.57 bits per heavy atom. The van der Waals surface area contributed by atoms with E-state index < -0.39 is 9.84 Å². The molecule has 0 aromatic carbocycles. The van der Waals surface area contributed by atoms with E-state index in [1.54, 1.807) is 12.4 Å². The Labute approximate surface area is 83.7 Å². The van der Waals surface area contributed by atoms with E-state index in [0.717, 1.165) is 5.82 Å². The van der Waals surface area contributed by atoms with Crippen LogP contribution >= 0.6 is 0 Å². The highest BCUT2D eigenvalue weighted by Crippen LogP contribution is 2.33. The van der Waals surface area contributed by atoms with Crippen molar-refractivity contribution in [3.8, 4) is 0 Å². The van der Waals surface area contributed by atoms with E-state index in [-0.39, 0.29) is 16.9 Å². The monoisotopic (exact) mass is 214 g/mol. The summed E-state index contributed by atoms with van der Waals surface area (Å²) in [7, 11) is -2.79. The molecule has 78 valence electrons. The molecule has 1 aromatic rings. The number of rotatable bonds is 1. The molecule has 4 nitrogen and oxygen atoms in total. The minimum Gasteiger partial charge on any atom is -0.348 e. The van der Waals surface area contributed by atoms with Gasteiger partial charge in [-0.3, -0.25) is 0 Å². The Morgan fingerprint density at radius 1 is 1.43 bits per heavy atom. The second kappa shape index (κ2) is 3.08. The molecular weight excluding hydrogens is 200 g/mol. The molecule has 0 amide bonds. The Kier molecular flexibility index (Phi) is 2.14. The quantitative estimate of drug-likeness (QED) is 0.754. The fourth-order valence-electron chi connectivity index (χ4n) is 1.82. The third-order valence-electron chi connectivity index (χ3n) is 3.00. The van der Waals surface area contributed by atoms with E-state index in [2.05, 4.69) is 16.9 Å². The zero-order chi connectivity index (χ0) is 10.2. The van der Waals surface area contributed by atoms with Gasteiger partial charge in [-0.25, -0.2) is 13.4 Å². The first-order valence-electron chi connectivity index (χ1n) is 4.72. The lowest BCUT2D eigenvalue weighted by Crippen LogP contribution is -2.35. The molecule has 1 aliphatic rings. The predicted octanol–water partition coefficient (Wildman–Crippen LogP) is 0.876. The Balaban J connectivity index is 2.21. The summed E-state index contributed by atoms with van der Waals surface area (Å²) in [5.41, 5.74) is -0.0885. The molecule has 1 aromatic heterocycles. The van der Waals surface area contributed by atoms with Crippen molar-refractivity contribution in [1.29, 1.82) is 0 Å². The number of sulfone groups is 1. The van der Waals surface area contributed by atoms with Crippen LogP contribution in [0.15, 0.2) is 12.4 Å². The van der Waals surface area contributed by atoms with Crippen LogP contribution in [0.3, 0.4) is 0 Å². The molecule has 1 N–H and O–H groups in total. The van der Waals surface area contributed by atoms with E-state index in [1.165, 1.54) is 0 Å². The van der Waals surface area contributed by atoms with E-state index in [1.807, 2.05) is 0 Å². The molecular formula is C9H14N2O2S. The third-order valence-corrected chi connectivity index (χ3v) is 4.65. The van der Waals surface area contributed by atoms with Crippen molar-refractivity contribution < 1.29 is 8.42 Å². The minimum absolute atomic E-state index is 0.0885. The van der Waals surface area contributed by atoms with Gasteiger partial charge in [0.1, 0.15) is 15.7 Å². The van der Waals surface area contributed by atoms with Gasteiger partial charge in [-0.2, -0.15) is 0 Å². The molecule has 0 saturated carbocycles. The summed E-state index contributed by atoms with van der Waals surface area (Å²) in [5.74, 6) is 1.47. The van der Waals surface area contributed by atoms with Crippen molar-refractivity contribution in [2.24, 2.45) is 0 Å². The first kappa shape index (κ1) is 9.71. The Morgan fingerprint density at radius 2 is 2.07 bits per heavy atom. The van der Waals surface area contributed by atoms with Crippen LogP contribution in [0.25, 0.3) is 0 Å². The predicted molar refractivity (Wildman–Crippen MR) is 53.8 cm³/mol. The lowest BCUT2D eigenvalue weighted by Gasteiger charge is -2.31. The normalized spacial score (nSPS) is 24.6.